The highest BCUT2D eigenvalue weighted by molar-refractivity contribution is 7.90. The van der Waals surface area contributed by atoms with Crippen molar-refractivity contribution in [2.45, 2.75) is 12.8 Å². The van der Waals surface area contributed by atoms with Crippen LogP contribution in [0.5, 0.6) is 0 Å². The van der Waals surface area contributed by atoms with Gasteiger partial charge in [0.2, 0.25) is 0 Å². The molecule has 2 rings (SSSR count). The number of benzene rings is 1. The highest BCUT2D eigenvalue weighted by Gasteiger charge is 2.28. The van der Waals surface area contributed by atoms with Crippen LogP contribution in [0.1, 0.15) is 12.8 Å². The Kier molecular flexibility index (Phi) is 4.85. The van der Waals surface area contributed by atoms with Crippen LogP contribution in [-0.4, -0.2) is 32.4 Å². The first kappa shape index (κ1) is 15.5. The summed E-state index contributed by atoms with van der Waals surface area (Å²) in [5.41, 5.74) is 5.43. The molecule has 1 saturated heterocycles. The molecular weight excluding hydrogens is 305 g/mol. The van der Waals surface area contributed by atoms with Crippen molar-refractivity contribution >= 4 is 27.5 Å². The fraction of sp³-hybridized carbons (Fsp3) is 0.500. The molecule has 0 amide bonds. The second-order valence-electron chi connectivity index (χ2n) is 4.79. The molecular formula is C12H17ClFN3O2S. The van der Waals surface area contributed by atoms with E-state index in [9.17, 15) is 12.8 Å². The molecule has 0 spiro atoms. The molecule has 5 nitrogen and oxygen atoms in total. The lowest BCUT2D eigenvalue weighted by Crippen LogP contribution is -2.42. The summed E-state index contributed by atoms with van der Waals surface area (Å²) in [6, 6.07) is 4.19. The lowest BCUT2D eigenvalue weighted by molar-refractivity contribution is 0.280. The number of piperidine rings is 1. The van der Waals surface area contributed by atoms with Crippen LogP contribution in [0.2, 0.25) is 5.02 Å². The summed E-state index contributed by atoms with van der Waals surface area (Å²) in [4.78, 5) is 0. The van der Waals surface area contributed by atoms with Gasteiger partial charge in [0, 0.05) is 13.1 Å². The number of anilines is 1. The molecule has 1 fully saturated rings. The molecule has 1 aromatic carbocycles. The molecule has 0 radical (unpaired) electrons. The van der Waals surface area contributed by atoms with Crippen LogP contribution in [-0.2, 0) is 10.2 Å². The Bertz CT molecular complexity index is 574. The Morgan fingerprint density at radius 3 is 2.65 bits per heavy atom. The van der Waals surface area contributed by atoms with E-state index < -0.39 is 16.0 Å². The minimum absolute atomic E-state index is 0.118. The topological polar surface area (TPSA) is 75.4 Å². The second kappa shape index (κ2) is 6.26. The number of hydrogen-bond acceptors (Lipinski definition) is 3. The minimum Gasteiger partial charge on any atom is -0.330 e. The maximum absolute atomic E-state index is 13.7. The maximum Gasteiger partial charge on any atom is 0.301 e. The van der Waals surface area contributed by atoms with E-state index in [1.165, 1.54) is 22.5 Å². The zero-order chi connectivity index (χ0) is 14.8. The van der Waals surface area contributed by atoms with Crippen LogP contribution in [0.25, 0.3) is 0 Å². The quantitative estimate of drug-likeness (QED) is 0.888. The van der Waals surface area contributed by atoms with E-state index in [0.29, 0.717) is 25.6 Å². The Balaban J connectivity index is 2.10. The molecule has 1 aliphatic rings. The van der Waals surface area contributed by atoms with Crippen LogP contribution < -0.4 is 10.5 Å². The minimum atomic E-state index is -3.76. The van der Waals surface area contributed by atoms with Crippen LogP contribution in [0, 0.1) is 11.7 Å². The van der Waals surface area contributed by atoms with E-state index in [1.807, 2.05) is 0 Å². The average molecular weight is 322 g/mol. The van der Waals surface area contributed by atoms with Gasteiger partial charge in [-0.2, -0.15) is 12.7 Å². The van der Waals surface area contributed by atoms with Crippen molar-refractivity contribution in [1.82, 2.24) is 4.31 Å². The molecule has 20 heavy (non-hydrogen) atoms. The number of hydrogen-bond donors (Lipinski definition) is 2. The van der Waals surface area contributed by atoms with Gasteiger partial charge in [-0.05, 0) is 37.4 Å². The molecule has 0 bridgehead atoms. The van der Waals surface area contributed by atoms with Gasteiger partial charge in [0.25, 0.3) is 0 Å². The smallest absolute Gasteiger partial charge is 0.301 e. The Hall–Kier alpha value is -0.890. The van der Waals surface area contributed by atoms with Crippen LogP contribution >= 0.6 is 11.6 Å². The molecule has 8 heteroatoms. The monoisotopic (exact) mass is 321 g/mol. The fourth-order valence-corrected chi connectivity index (χ4v) is 3.60. The molecule has 0 atom stereocenters. The van der Waals surface area contributed by atoms with Crippen LogP contribution in [0.3, 0.4) is 0 Å². The largest absolute Gasteiger partial charge is 0.330 e. The van der Waals surface area contributed by atoms with E-state index >= 15 is 0 Å². The fourth-order valence-electron chi connectivity index (χ4n) is 2.17. The van der Waals surface area contributed by atoms with Gasteiger partial charge < -0.3 is 5.73 Å². The van der Waals surface area contributed by atoms with Gasteiger partial charge in [-0.15, -0.1) is 0 Å². The standard InChI is InChI=1S/C12H17ClFN3O2S/c13-10-2-1-3-11(12(10)14)16-20(18,19)17-6-4-9(8-15)5-7-17/h1-3,9,16H,4-8,15H2. The molecule has 3 N–H and O–H groups in total. The van der Waals surface area contributed by atoms with Gasteiger partial charge in [-0.1, -0.05) is 17.7 Å². The van der Waals surface area contributed by atoms with E-state index in [4.69, 9.17) is 17.3 Å². The van der Waals surface area contributed by atoms with Gasteiger partial charge in [-0.3, -0.25) is 4.72 Å². The summed E-state index contributed by atoms with van der Waals surface area (Å²) in [7, 11) is -3.76. The van der Waals surface area contributed by atoms with Crippen molar-refractivity contribution in [1.29, 1.82) is 0 Å². The summed E-state index contributed by atoms with van der Waals surface area (Å²) >= 11 is 5.63. The van der Waals surface area contributed by atoms with E-state index in [-0.39, 0.29) is 10.7 Å². The lowest BCUT2D eigenvalue weighted by Gasteiger charge is -2.30. The molecule has 1 aromatic rings. The first-order valence-corrected chi connectivity index (χ1v) is 8.18. The molecule has 0 saturated carbocycles. The van der Waals surface area contributed by atoms with Crippen molar-refractivity contribution in [3.63, 3.8) is 0 Å². The third-order valence-electron chi connectivity index (χ3n) is 3.44. The first-order valence-electron chi connectivity index (χ1n) is 6.36. The van der Waals surface area contributed by atoms with Crippen molar-refractivity contribution in [2.24, 2.45) is 11.7 Å². The number of nitrogens with zero attached hydrogens (tertiary/aromatic N) is 1. The van der Waals surface area contributed by atoms with Gasteiger partial charge in [0.05, 0.1) is 10.7 Å². The third-order valence-corrected chi connectivity index (χ3v) is 5.25. The highest BCUT2D eigenvalue weighted by Crippen LogP contribution is 2.25. The van der Waals surface area contributed by atoms with Gasteiger partial charge in [0.1, 0.15) is 0 Å². The van der Waals surface area contributed by atoms with Crippen LogP contribution in [0.15, 0.2) is 18.2 Å². The third kappa shape index (κ3) is 3.41. The Labute approximate surface area is 123 Å². The van der Waals surface area contributed by atoms with Crippen molar-refractivity contribution in [3.05, 3.63) is 29.0 Å². The average Bonchev–Trinajstić information content (AvgIpc) is 2.44. The predicted octanol–water partition coefficient (Wildman–Crippen LogP) is 1.81. The van der Waals surface area contributed by atoms with E-state index in [1.54, 1.807) is 0 Å². The summed E-state index contributed by atoms with van der Waals surface area (Å²) in [5.74, 6) is -0.418. The summed E-state index contributed by atoms with van der Waals surface area (Å²) in [6.07, 6.45) is 1.44. The highest BCUT2D eigenvalue weighted by atomic mass is 35.5. The molecule has 0 aromatic heterocycles. The van der Waals surface area contributed by atoms with Crippen molar-refractivity contribution in [2.75, 3.05) is 24.4 Å². The lowest BCUT2D eigenvalue weighted by atomic mass is 9.99. The summed E-state index contributed by atoms with van der Waals surface area (Å²) in [6.45, 7) is 1.34. The Morgan fingerprint density at radius 1 is 1.40 bits per heavy atom. The molecule has 0 aliphatic carbocycles. The van der Waals surface area contributed by atoms with Crippen molar-refractivity contribution < 1.29 is 12.8 Å². The first-order chi connectivity index (χ1) is 9.44. The second-order valence-corrected chi connectivity index (χ2v) is 6.86. The normalized spacial score (nSPS) is 18.1. The number of nitrogens with one attached hydrogen (secondary N) is 1. The van der Waals surface area contributed by atoms with Gasteiger partial charge >= 0.3 is 10.2 Å². The number of halogens is 2. The van der Waals surface area contributed by atoms with Crippen LogP contribution in [0.4, 0.5) is 10.1 Å². The summed E-state index contributed by atoms with van der Waals surface area (Å²) in [5, 5.41) is -0.118. The zero-order valence-electron chi connectivity index (χ0n) is 10.9. The molecule has 0 unspecified atom stereocenters. The number of nitrogens with two attached hydrogens (primary N) is 1. The Morgan fingerprint density at radius 2 is 2.05 bits per heavy atom. The number of rotatable bonds is 4. The van der Waals surface area contributed by atoms with Gasteiger partial charge in [0.15, 0.2) is 5.82 Å². The molecule has 1 heterocycles. The predicted molar refractivity (Wildman–Crippen MR) is 77.3 cm³/mol. The summed E-state index contributed by atoms with van der Waals surface area (Å²) < 4.78 is 41.6. The molecule has 1 aliphatic heterocycles. The van der Waals surface area contributed by atoms with Crippen molar-refractivity contribution in [3.8, 4) is 0 Å². The van der Waals surface area contributed by atoms with Gasteiger partial charge in [-0.25, -0.2) is 4.39 Å². The molecule has 112 valence electrons. The van der Waals surface area contributed by atoms with E-state index in [0.717, 1.165) is 12.8 Å². The maximum atomic E-state index is 13.7. The van der Waals surface area contributed by atoms with E-state index in [2.05, 4.69) is 4.72 Å². The zero-order valence-corrected chi connectivity index (χ0v) is 12.4. The SMILES string of the molecule is NCC1CCN(S(=O)(=O)Nc2cccc(Cl)c2F)CC1.